The molecule has 0 saturated heterocycles. The van der Waals surface area contributed by atoms with E-state index in [1.807, 2.05) is 6.07 Å². The van der Waals surface area contributed by atoms with Crippen molar-refractivity contribution in [3.8, 4) is 0 Å². The number of nitrogens with one attached hydrogen (secondary N) is 2. The van der Waals surface area contributed by atoms with Crippen molar-refractivity contribution in [1.82, 2.24) is 4.72 Å². The molecular weight excluding hydrogens is 336 g/mol. The molecule has 0 radical (unpaired) electrons. The van der Waals surface area contributed by atoms with Crippen LogP contribution < -0.4 is 10.0 Å². The zero-order chi connectivity index (χ0) is 18.6. The van der Waals surface area contributed by atoms with Crippen LogP contribution in [0.2, 0.25) is 0 Å². The number of benzene rings is 1. The third-order valence-electron chi connectivity index (χ3n) is 4.89. The quantitative estimate of drug-likeness (QED) is 0.688. The van der Waals surface area contributed by atoms with Gasteiger partial charge < -0.3 is 5.32 Å². The number of carbonyl (C=O) groups excluding carboxylic acids is 1. The fraction of sp³-hybridized carbons (Fsp3) is 0.632. The summed E-state index contributed by atoms with van der Waals surface area (Å²) in [7, 11) is -3.21. The smallest absolute Gasteiger partial charge is 0.224 e. The number of amides is 1. The molecule has 1 aliphatic carbocycles. The lowest BCUT2D eigenvalue weighted by Crippen LogP contribution is -2.31. The molecule has 0 bridgehead atoms. The van der Waals surface area contributed by atoms with E-state index in [2.05, 4.69) is 36.0 Å². The van der Waals surface area contributed by atoms with Crippen molar-refractivity contribution in [2.45, 2.75) is 70.5 Å². The normalized spacial score (nSPS) is 19.9. The van der Waals surface area contributed by atoms with Crippen LogP contribution >= 0.6 is 0 Å². The highest BCUT2D eigenvalue weighted by Crippen LogP contribution is 2.42. The van der Waals surface area contributed by atoms with Crippen molar-refractivity contribution in [2.24, 2.45) is 0 Å². The van der Waals surface area contributed by atoms with Gasteiger partial charge in [-0.25, -0.2) is 13.1 Å². The number of carbonyl (C=O) groups is 1. The maximum Gasteiger partial charge on any atom is 0.224 e. The van der Waals surface area contributed by atoms with Crippen molar-refractivity contribution in [2.75, 3.05) is 11.9 Å². The van der Waals surface area contributed by atoms with E-state index in [1.165, 1.54) is 17.5 Å². The number of fused-ring (bicyclic) bond motifs is 1. The molecule has 0 spiro atoms. The fourth-order valence-corrected chi connectivity index (χ4v) is 4.09. The molecule has 2 unspecified atom stereocenters. The summed E-state index contributed by atoms with van der Waals surface area (Å²) in [6.45, 7) is 8.14. The molecule has 1 aliphatic rings. The molecule has 0 fully saturated rings. The molecule has 2 N–H and O–H groups in total. The van der Waals surface area contributed by atoms with Gasteiger partial charge in [0.2, 0.25) is 15.9 Å². The van der Waals surface area contributed by atoms with E-state index in [4.69, 9.17) is 0 Å². The SMILES string of the molecule is CC1CC(C)c2cc(NC(=O)CCCCNS(=O)(=O)C(C)C)ccc21. The van der Waals surface area contributed by atoms with Crippen LogP contribution in [0, 0.1) is 0 Å². The lowest BCUT2D eigenvalue weighted by Gasteiger charge is -2.11. The molecule has 0 aliphatic heterocycles. The van der Waals surface area contributed by atoms with E-state index in [1.54, 1.807) is 13.8 Å². The summed E-state index contributed by atoms with van der Waals surface area (Å²) in [4.78, 5) is 12.1. The average Bonchev–Trinajstić information content (AvgIpc) is 2.81. The summed E-state index contributed by atoms with van der Waals surface area (Å²) >= 11 is 0. The van der Waals surface area contributed by atoms with Gasteiger partial charge in [-0.05, 0) is 68.2 Å². The molecule has 1 aromatic rings. The molecular formula is C19H30N2O3S. The third kappa shape index (κ3) is 5.28. The number of rotatable bonds is 8. The van der Waals surface area contributed by atoms with E-state index >= 15 is 0 Å². The van der Waals surface area contributed by atoms with Gasteiger partial charge in [-0.15, -0.1) is 0 Å². The van der Waals surface area contributed by atoms with Crippen molar-refractivity contribution >= 4 is 21.6 Å². The first-order valence-electron chi connectivity index (χ1n) is 9.13. The highest BCUT2D eigenvalue weighted by Gasteiger charge is 2.25. The van der Waals surface area contributed by atoms with Gasteiger partial charge >= 0.3 is 0 Å². The molecule has 1 aromatic carbocycles. The molecule has 0 heterocycles. The summed E-state index contributed by atoms with van der Waals surface area (Å²) in [6, 6.07) is 6.19. The van der Waals surface area contributed by atoms with E-state index < -0.39 is 15.3 Å². The zero-order valence-electron chi connectivity index (χ0n) is 15.6. The predicted molar refractivity (Wildman–Crippen MR) is 102 cm³/mol. The average molecular weight is 367 g/mol. The van der Waals surface area contributed by atoms with Crippen molar-refractivity contribution < 1.29 is 13.2 Å². The summed E-state index contributed by atoms with van der Waals surface area (Å²) in [5, 5.41) is 2.52. The van der Waals surface area contributed by atoms with Gasteiger partial charge in [-0.2, -0.15) is 0 Å². The van der Waals surface area contributed by atoms with Gasteiger partial charge in [0.25, 0.3) is 0 Å². The van der Waals surface area contributed by atoms with Crippen LogP contribution in [0.1, 0.15) is 76.3 Å². The largest absolute Gasteiger partial charge is 0.326 e. The molecule has 0 saturated carbocycles. The number of sulfonamides is 1. The minimum atomic E-state index is -3.21. The summed E-state index contributed by atoms with van der Waals surface area (Å²) < 4.78 is 25.8. The first kappa shape index (κ1) is 19.9. The first-order valence-corrected chi connectivity index (χ1v) is 10.7. The van der Waals surface area contributed by atoms with Gasteiger partial charge in [0.15, 0.2) is 0 Å². The Kier molecular flexibility index (Phi) is 6.63. The number of hydrogen-bond donors (Lipinski definition) is 2. The Labute approximate surface area is 151 Å². The van der Waals surface area contributed by atoms with E-state index in [9.17, 15) is 13.2 Å². The molecule has 25 heavy (non-hydrogen) atoms. The molecule has 2 atom stereocenters. The topological polar surface area (TPSA) is 75.3 Å². The summed E-state index contributed by atoms with van der Waals surface area (Å²) in [5.41, 5.74) is 3.58. The van der Waals surface area contributed by atoms with Crippen LogP contribution in [0.25, 0.3) is 0 Å². The Bertz CT molecular complexity index is 713. The van der Waals surface area contributed by atoms with Crippen molar-refractivity contribution in [3.63, 3.8) is 0 Å². The van der Waals surface area contributed by atoms with Gasteiger partial charge in [-0.1, -0.05) is 19.9 Å². The Morgan fingerprint density at radius 2 is 1.84 bits per heavy atom. The molecule has 6 heteroatoms. The highest BCUT2D eigenvalue weighted by atomic mass is 32.2. The van der Waals surface area contributed by atoms with Gasteiger partial charge in [0.1, 0.15) is 0 Å². The zero-order valence-corrected chi connectivity index (χ0v) is 16.4. The second-order valence-corrected chi connectivity index (χ2v) is 9.70. The Balaban J connectivity index is 1.75. The molecule has 2 rings (SSSR count). The fourth-order valence-electron chi connectivity index (χ4n) is 3.33. The van der Waals surface area contributed by atoms with E-state index in [0.717, 1.165) is 5.69 Å². The number of hydrogen-bond acceptors (Lipinski definition) is 3. The van der Waals surface area contributed by atoms with Gasteiger partial charge in [0, 0.05) is 18.7 Å². The molecule has 140 valence electrons. The van der Waals surface area contributed by atoms with Crippen LogP contribution in [0.15, 0.2) is 18.2 Å². The van der Waals surface area contributed by atoms with E-state index in [-0.39, 0.29) is 5.91 Å². The Morgan fingerprint density at radius 1 is 1.16 bits per heavy atom. The standard InChI is InChI=1S/C19H30N2O3S/c1-13(2)25(23,24)20-10-6-5-7-19(22)21-16-8-9-17-14(3)11-15(4)18(17)12-16/h8-9,12-15,20H,5-7,10-11H2,1-4H3,(H,21,22). The number of unbranched alkanes of at least 4 members (excludes halogenated alkanes) is 1. The van der Waals surface area contributed by atoms with Crippen molar-refractivity contribution in [3.05, 3.63) is 29.3 Å². The predicted octanol–water partition coefficient (Wildman–Crippen LogP) is 3.73. The monoisotopic (exact) mass is 366 g/mol. The molecule has 0 aromatic heterocycles. The third-order valence-corrected chi connectivity index (χ3v) is 6.74. The maximum atomic E-state index is 12.1. The van der Waals surface area contributed by atoms with Crippen LogP contribution in [0.5, 0.6) is 0 Å². The van der Waals surface area contributed by atoms with Gasteiger partial charge in [-0.3, -0.25) is 4.79 Å². The minimum absolute atomic E-state index is 0.0228. The first-order chi connectivity index (χ1) is 11.7. The highest BCUT2D eigenvalue weighted by molar-refractivity contribution is 7.90. The minimum Gasteiger partial charge on any atom is -0.326 e. The van der Waals surface area contributed by atoms with Crippen LogP contribution in [-0.4, -0.2) is 26.1 Å². The molecule has 5 nitrogen and oxygen atoms in total. The van der Waals surface area contributed by atoms with Crippen LogP contribution in [-0.2, 0) is 14.8 Å². The van der Waals surface area contributed by atoms with Crippen LogP contribution in [0.3, 0.4) is 0 Å². The van der Waals surface area contributed by atoms with E-state index in [0.29, 0.717) is 37.6 Å². The second kappa shape index (κ2) is 8.32. The Morgan fingerprint density at radius 3 is 2.52 bits per heavy atom. The Hall–Kier alpha value is -1.40. The second-order valence-electron chi connectivity index (χ2n) is 7.37. The number of anilines is 1. The van der Waals surface area contributed by atoms with Crippen molar-refractivity contribution in [1.29, 1.82) is 0 Å². The maximum absolute atomic E-state index is 12.1. The lowest BCUT2D eigenvalue weighted by atomic mass is 10.0. The summed E-state index contributed by atoms with van der Waals surface area (Å²) in [6.07, 6.45) is 2.87. The molecule has 1 amide bonds. The lowest BCUT2D eigenvalue weighted by molar-refractivity contribution is -0.116. The van der Waals surface area contributed by atoms with Crippen LogP contribution in [0.4, 0.5) is 5.69 Å². The summed E-state index contributed by atoms with van der Waals surface area (Å²) in [5.74, 6) is 1.10. The van der Waals surface area contributed by atoms with Gasteiger partial charge in [0.05, 0.1) is 5.25 Å².